The number of nitrogens with zero attached hydrogens (tertiary/aromatic N) is 2. The summed E-state index contributed by atoms with van der Waals surface area (Å²) in [6, 6.07) is 5.76. The lowest BCUT2D eigenvalue weighted by Gasteiger charge is -2.41. The first-order valence-corrected chi connectivity index (χ1v) is 10.7. The van der Waals surface area contributed by atoms with Crippen LogP contribution in [0.5, 0.6) is 0 Å². The van der Waals surface area contributed by atoms with Gasteiger partial charge in [0.15, 0.2) is 0 Å². The van der Waals surface area contributed by atoms with E-state index in [0.717, 1.165) is 48.7 Å². The molecular formula is C23H32N2O3. The third kappa shape index (κ3) is 3.89. The number of benzene rings is 1. The summed E-state index contributed by atoms with van der Waals surface area (Å²) in [7, 11) is 0. The molecular weight excluding hydrogens is 352 g/mol. The van der Waals surface area contributed by atoms with Gasteiger partial charge in [-0.15, -0.1) is 0 Å². The van der Waals surface area contributed by atoms with Gasteiger partial charge in [-0.2, -0.15) is 0 Å². The fourth-order valence-corrected chi connectivity index (χ4v) is 5.01. The minimum atomic E-state index is -0.513. The summed E-state index contributed by atoms with van der Waals surface area (Å²) in [6.07, 6.45) is 6.87. The largest absolute Gasteiger partial charge is 0.443 e. The van der Waals surface area contributed by atoms with Crippen molar-refractivity contribution in [1.82, 2.24) is 4.90 Å². The van der Waals surface area contributed by atoms with E-state index in [9.17, 15) is 9.59 Å². The maximum absolute atomic E-state index is 13.1. The average molecular weight is 385 g/mol. The number of fused-ring (bicyclic) bond motifs is 2. The summed E-state index contributed by atoms with van der Waals surface area (Å²) in [5.74, 6) is 1.64. The summed E-state index contributed by atoms with van der Waals surface area (Å²) >= 11 is 0. The molecule has 1 aliphatic carbocycles. The lowest BCUT2D eigenvalue weighted by Crippen LogP contribution is -2.44. The molecule has 152 valence electrons. The molecule has 4 rings (SSSR count). The van der Waals surface area contributed by atoms with Crippen molar-refractivity contribution in [2.75, 3.05) is 24.5 Å². The van der Waals surface area contributed by atoms with Gasteiger partial charge in [0.2, 0.25) is 0 Å². The molecule has 0 bridgehead atoms. The number of carbonyl (C=O) groups excluding carboxylic acids is 2. The molecule has 2 atom stereocenters. The third-order valence-electron chi connectivity index (χ3n) is 6.41. The van der Waals surface area contributed by atoms with Gasteiger partial charge in [0.05, 0.1) is 5.69 Å². The maximum Gasteiger partial charge on any atom is 0.414 e. The van der Waals surface area contributed by atoms with E-state index in [4.69, 9.17) is 4.74 Å². The van der Waals surface area contributed by atoms with Crippen molar-refractivity contribution < 1.29 is 14.3 Å². The molecule has 0 spiro atoms. The van der Waals surface area contributed by atoms with Crippen molar-refractivity contribution in [1.29, 1.82) is 0 Å². The van der Waals surface area contributed by atoms with Crippen LogP contribution in [0, 0.1) is 11.8 Å². The van der Waals surface area contributed by atoms with Gasteiger partial charge in [0.1, 0.15) is 5.60 Å². The molecule has 2 fully saturated rings. The summed E-state index contributed by atoms with van der Waals surface area (Å²) in [5, 5.41) is 0. The van der Waals surface area contributed by atoms with Gasteiger partial charge in [-0.3, -0.25) is 9.69 Å². The van der Waals surface area contributed by atoms with Crippen LogP contribution in [-0.4, -0.2) is 42.1 Å². The van der Waals surface area contributed by atoms with E-state index >= 15 is 0 Å². The Labute approximate surface area is 168 Å². The third-order valence-corrected chi connectivity index (χ3v) is 6.41. The SMILES string of the molecule is CC(C)(C)OC(=O)N1CCc2cc(C(=O)N3CC[C@H]4CCCC[C@H]4C3)ccc21. The van der Waals surface area contributed by atoms with Gasteiger partial charge in [-0.1, -0.05) is 19.3 Å². The van der Waals surface area contributed by atoms with Crippen LogP contribution in [0.2, 0.25) is 0 Å². The second-order valence-corrected chi connectivity index (χ2v) is 9.57. The fraction of sp³-hybridized carbons (Fsp3) is 0.652. The van der Waals surface area contributed by atoms with Crippen LogP contribution < -0.4 is 4.90 Å². The molecule has 2 amide bonds. The molecule has 5 heteroatoms. The number of likely N-dealkylation sites (tertiary alicyclic amines) is 1. The van der Waals surface area contributed by atoms with Gasteiger partial charge >= 0.3 is 6.09 Å². The smallest absolute Gasteiger partial charge is 0.414 e. The highest BCUT2D eigenvalue weighted by molar-refractivity contribution is 5.97. The predicted octanol–water partition coefficient (Wildman–Crippen LogP) is 4.64. The summed E-state index contributed by atoms with van der Waals surface area (Å²) in [4.78, 5) is 29.3. The standard InChI is InChI=1S/C23H32N2O3/c1-23(2,3)28-22(27)25-13-11-17-14-18(8-9-20(17)25)21(26)24-12-10-16-6-4-5-7-19(16)15-24/h8-9,14,16,19H,4-7,10-13,15H2,1-3H3/t16-,19+/m1/s1. The number of carbonyl (C=O) groups is 2. The average Bonchev–Trinajstić information content (AvgIpc) is 3.09. The Morgan fingerprint density at radius 3 is 2.54 bits per heavy atom. The number of ether oxygens (including phenoxy) is 1. The van der Waals surface area contributed by atoms with E-state index in [-0.39, 0.29) is 12.0 Å². The number of hydrogen-bond donors (Lipinski definition) is 0. The number of rotatable bonds is 1. The Balaban J connectivity index is 1.46. The Morgan fingerprint density at radius 2 is 1.79 bits per heavy atom. The van der Waals surface area contributed by atoms with Gasteiger partial charge in [-0.25, -0.2) is 4.79 Å². The molecule has 1 aromatic carbocycles. The van der Waals surface area contributed by atoms with Crippen LogP contribution in [-0.2, 0) is 11.2 Å². The number of piperidine rings is 1. The predicted molar refractivity (Wildman–Crippen MR) is 110 cm³/mol. The van der Waals surface area contributed by atoms with Gasteiger partial charge in [0.25, 0.3) is 5.91 Å². The number of amides is 2. The zero-order chi connectivity index (χ0) is 19.9. The van der Waals surface area contributed by atoms with Crippen LogP contribution in [0.15, 0.2) is 18.2 Å². The first kappa shape index (κ1) is 19.3. The van der Waals surface area contributed by atoms with E-state index in [1.165, 1.54) is 25.7 Å². The quantitative estimate of drug-likeness (QED) is 0.709. The van der Waals surface area contributed by atoms with E-state index in [1.54, 1.807) is 4.90 Å². The number of hydrogen-bond acceptors (Lipinski definition) is 3. The summed E-state index contributed by atoms with van der Waals surface area (Å²) in [6.45, 7) is 8.01. The monoisotopic (exact) mass is 384 g/mol. The molecule has 1 saturated carbocycles. The molecule has 2 heterocycles. The zero-order valence-electron chi connectivity index (χ0n) is 17.4. The van der Waals surface area contributed by atoms with Crippen molar-refractivity contribution in [2.45, 2.75) is 64.9 Å². The second kappa shape index (κ2) is 7.41. The molecule has 3 aliphatic rings. The fourth-order valence-electron chi connectivity index (χ4n) is 5.01. The van der Waals surface area contributed by atoms with Crippen molar-refractivity contribution in [3.63, 3.8) is 0 Å². The van der Waals surface area contributed by atoms with Crippen molar-refractivity contribution in [3.05, 3.63) is 29.3 Å². The molecule has 1 saturated heterocycles. The van der Waals surface area contributed by atoms with Crippen molar-refractivity contribution in [3.8, 4) is 0 Å². The molecule has 0 N–H and O–H groups in total. The molecule has 2 aliphatic heterocycles. The lowest BCUT2D eigenvalue weighted by atomic mass is 9.75. The Kier molecular flexibility index (Phi) is 5.11. The van der Waals surface area contributed by atoms with Gasteiger partial charge in [0, 0.05) is 25.2 Å². The molecule has 5 nitrogen and oxygen atoms in total. The molecule has 1 aromatic rings. The Hall–Kier alpha value is -2.04. The Bertz CT molecular complexity index is 768. The van der Waals surface area contributed by atoms with Crippen LogP contribution in [0.1, 0.15) is 68.8 Å². The minimum absolute atomic E-state index is 0.141. The van der Waals surface area contributed by atoms with Crippen LogP contribution in [0.3, 0.4) is 0 Å². The second-order valence-electron chi connectivity index (χ2n) is 9.57. The maximum atomic E-state index is 13.1. The van der Waals surface area contributed by atoms with E-state index in [1.807, 2.05) is 39.0 Å². The highest BCUT2D eigenvalue weighted by atomic mass is 16.6. The zero-order valence-corrected chi connectivity index (χ0v) is 17.4. The summed E-state index contributed by atoms with van der Waals surface area (Å²) < 4.78 is 5.51. The van der Waals surface area contributed by atoms with E-state index in [0.29, 0.717) is 12.5 Å². The lowest BCUT2D eigenvalue weighted by molar-refractivity contribution is 0.0520. The van der Waals surface area contributed by atoms with E-state index < -0.39 is 5.60 Å². The molecule has 28 heavy (non-hydrogen) atoms. The van der Waals surface area contributed by atoms with Gasteiger partial charge < -0.3 is 9.64 Å². The first-order valence-electron chi connectivity index (χ1n) is 10.7. The first-order chi connectivity index (χ1) is 13.3. The van der Waals surface area contributed by atoms with Crippen molar-refractivity contribution in [2.24, 2.45) is 11.8 Å². The number of anilines is 1. The minimum Gasteiger partial charge on any atom is -0.443 e. The highest BCUT2D eigenvalue weighted by Crippen LogP contribution is 2.37. The van der Waals surface area contributed by atoms with Crippen molar-refractivity contribution >= 4 is 17.7 Å². The summed E-state index contributed by atoms with van der Waals surface area (Å²) in [5.41, 5.74) is 2.17. The van der Waals surface area contributed by atoms with Crippen LogP contribution in [0.4, 0.5) is 10.5 Å². The molecule has 0 radical (unpaired) electrons. The topological polar surface area (TPSA) is 49.9 Å². The van der Waals surface area contributed by atoms with Crippen LogP contribution >= 0.6 is 0 Å². The van der Waals surface area contributed by atoms with Crippen LogP contribution in [0.25, 0.3) is 0 Å². The Morgan fingerprint density at radius 1 is 1.04 bits per heavy atom. The van der Waals surface area contributed by atoms with Gasteiger partial charge in [-0.05, 0) is 75.6 Å². The molecule has 0 unspecified atom stereocenters. The van der Waals surface area contributed by atoms with E-state index in [2.05, 4.69) is 4.90 Å². The normalized spacial score (nSPS) is 24.5. The molecule has 0 aromatic heterocycles. The highest BCUT2D eigenvalue weighted by Gasteiger charge is 2.34.